The van der Waals surface area contributed by atoms with E-state index in [4.69, 9.17) is 0 Å². The minimum Gasteiger partial charge on any atom is -0.311 e. The lowest BCUT2D eigenvalue weighted by atomic mass is 9.84. The number of likely N-dealkylation sites (tertiary alicyclic amines) is 1. The predicted molar refractivity (Wildman–Crippen MR) is 76.8 cm³/mol. The zero-order valence-corrected chi connectivity index (χ0v) is 12.0. The predicted octanol–water partition coefficient (Wildman–Crippen LogP) is 3.17. The van der Waals surface area contributed by atoms with Crippen LogP contribution in [0.3, 0.4) is 0 Å². The second-order valence-corrected chi connectivity index (χ2v) is 6.89. The molecule has 3 fully saturated rings. The van der Waals surface area contributed by atoms with Crippen molar-refractivity contribution in [1.29, 1.82) is 0 Å². The Bertz CT molecular complexity index is 248. The standard InChI is InChI=1S/C16H30N2/c1-13(14-5-3-2-4-6-14)17-15-9-11-18(12-10-15)16-7-8-16/h13-17H,2-12H2,1H3. The molecule has 2 heteroatoms. The Morgan fingerprint density at radius 3 is 2.17 bits per heavy atom. The van der Waals surface area contributed by atoms with E-state index in [9.17, 15) is 0 Å². The summed E-state index contributed by atoms with van der Waals surface area (Å²) in [4.78, 5) is 2.73. The summed E-state index contributed by atoms with van der Waals surface area (Å²) < 4.78 is 0. The molecule has 1 atom stereocenters. The van der Waals surface area contributed by atoms with E-state index in [1.165, 1.54) is 70.9 Å². The molecule has 1 aliphatic heterocycles. The number of piperidine rings is 1. The largest absolute Gasteiger partial charge is 0.311 e. The van der Waals surface area contributed by atoms with Gasteiger partial charge in [0.05, 0.1) is 0 Å². The first-order valence-electron chi connectivity index (χ1n) is 8.33. The highest BCUT2D eigenvalue weighted by Gasteiger charge is 2.32. The molecule has 1 unspecified atom stereocenters. The summed E-state index contributed by atoms with van der Waals surface area (Å²) in [5.74, 6) is 0.959. The average Bonchev–Trinajstić information content (AvgIpc) is 3.25. The van der Waals surface area contributed by atoms with Crippen LogP contribution in [0.4, 0.5) is 0 Å². The highest BCUT2D eigenvalue weighted by molar-refractivity contribution is 4.90. The fraction of sp³-hybridized carbons (Fsp3) is 1.00. The third kappa shape index (κ3) is 3.27. The Labute approximate surface area is 113 Å². The maximum Gasteiger partial charge on any atom is 0.00964 e. The van der Waals surface area contributed by atoms with Crippen molar-refractivity contribution in [3.63, 3.8) is 0 Å². The van der Waals surface area contributed by atoms with E-state index < -0.39 is 0 Å². The third-order valence-electron chi connectivity index (χ3n) is 5.45. The molecule has 0 amide bonds. The van der Waals surface area contributed by atoms with Crippen LogP contribution in [0.2, 0.25) is 0 Å². The molecule has 3 aliphatic rings. The Morgan fingerprint density at radius 1 is 0.889 bits per heavy atom. The highest BCUT2D eigenvalue weighted by Crippen LogP contribution is 2.30. The van der Waals surface area contributed by atoms with Crippen LogP contribution in [0.15, 0.2) is 0 Å². The van der Waals surface area contributed by atoms with Crippen LogP contribution < -0.4 is 5.32 Å². The quantitative estimate of drug-likeness (QED) is 0.824. The van der Waals surface area contributed by atoms with Gasteiger partial charge in [-0.15, -0.1) is 0 Å². The molecule has 0 bridgehead atoms. The van der Waals surface area contributed by atoms with Crippen LogP contribution in [-0.2, 0) is 0 Å². The van der Waals surface area contributed by atoms with E-state index in [1.807, 2.05) is 0 Å². The summed E-state index contributed by atoms with van der Waals surface area (Å²) in [6, 6.07) is 2.53. The van der Waals surface area contributed by atoms with Crippen LogP contribution in [0.1, 0.15) is 64.7 Å². The number of rotatable bonds is 4. The topological polar surface area (TPSA) is 15.3 Å². The van der Waals surface area contributed by atoms with E-state index in [0.717, 1.165) is 24.0 Å². The molecule has 0 radical (unpaired) electrons. The Balaban J connectivity index is 1.39. The number of hydrogen-bond acceptors (Lipinski definition) is 2. The van der Waals surface area contributed by atoms with Gasteiger partial charge in [0, 0.05) is 18.1 Å². The summed E-state index contributed by atoms with van der Waals surface area (Å²) in [6.07, 6.45) is 13.1. The van der Waals surface area contributed by atoms with Crippen molar-refractivity contribution in [3.05, 3.63) is 0 Å². The molecule has 0 spiro atoms. The van der Waals surface area contributed by atoms with Crippen molar-refractivity contribution in [2.45, 2.75) is 82.8 Å². The van der Waals surface area contributed by atoms with E-state index in [0.29, 0.717) is 0 Å². The highest BCUT2D eigenvalue weighted by atomic mass is 15.2. The Hall–Kier alpha value is -0.0800. The smallest absolute Gasteiger partial charge is 0.00964 e. The SMILES string of the molecule is CC(NC1CCN(C2CC2)CC1)C1CCCCC1. The molecule has 0 aromatic heterocycles. The van der Waals surface area contributed by atoms with Crippen LogP contribution in [0.25, 0.3) is 0 Å². The summed E-state index contributed by atoms with van der Waals surface area (Å²) >= 11 is 0. The van der Waals surface area contributed by atoms with Crippen molar-refractivity contribution < 1.29 is 0 Å². The Morgan fingerprint density at radius 2 is 1.56 bits per heavy atom. The Kier molecular flexibility index (Phi) is 4.25. The van der Waals surface area contributed by atoms with Gasteiger partial charge in [-0.25, -0.2) is 0 Å². The van der Waals surface area contributed by atoms with E-state index in [-0.39, 0.29) is 0 Å². The van der Waals surface area contributed by atoms with Gasteiger partial charge in [0.1, 0.15) is 0 Å². The average molecular weight is 250 g/mol. The fourth-order valence-electron chi connectivity index (χ4n) is 4.01. The summed E-state index contributed by atoms with van der Waals surface area (Å²) in [5, 5.41) is 3.94. The van der Waals surface area contributed by atoms with Gasteiger partial charge in [-0.3, -0.25) is 0 Å². The lowest BCUT2D eigenvalue weighted by Crippen LogP contribution is -2.48. The summed E-state index contributed by atoms with van der Waals surface area (Å²) in [7, 11) is 0. The van der Waals surface area contributed by atoms with Gasteiger partial charge >= 0.3 is 0 Å². The monoisotopic (exact) mass is 250 g/mol. The van der Waals surface area contributed by atoms with E-state index >= 15 is 0 Å². The lowest BCUT2D eigenvalue weighted by molar-refractivity contribution is 0.170. The summed E-state index contributed by atoms with van der Waals surface area (Å²) in [5.41, 5.74) is 0. The molecule has 1 saturated heterocycles. The van der Waals surface area contributed by atoms with Crippen molar-refractivity contribution in [2.24, 2.45) is 5.92 Å². The number of nitrogens with one attached hydrogen (secondary N) is 1. The molecule has 2 nitrogen and oxygen atoms in total. The van der Waals surface area contributed by atoms with Gasteiger partial charge in [0.25, 0.3) is 0 Å². The first-order valence-corrected chi connectivity index (χ1v) is 8.33. The zero-order chi connectivity index (χ0) is 12.4. The second kappa shape index (κ2) is 5.92. The molecule has 0 aromatic rings. The van der Waals surface area contributed by atoms with E-state index in [2.05, 4.69) is 17.1 Å². The summed E-state index contributed by atoms with van der Waals surface area (Å²) in [6.45, 7) is 5.13. The first kappa shape index (κ1) is 12.9. The molecule has 1 heterocycles. The van der Waals surface area contributed by atoms with Crippen molar-refractivity contribution in [1.82, 2.24) is 10.2 Å². The van der Waals surface area contributed by atoms with Crippen molar-refractivity contribution in [3.8, 4) is 0 Å². The minimum atomic E-state index is 0.753. The van der Waals surface area contributed by atoms with Crippen molar-refractivity contribution in [2.75, 3.05) is 13.1 Å². The van der Waals surface area contributed by atoms with Crippen LogP contribution in [-0.4, -0.2) is 36.1 Å². The maximum atomic E-state index is 3.94. The minimum absolute atomic E-state index is 0.753. The van der Waals surface area contributed by atoms with E-state index in [1.54, 1.807) is 0 Å². The first-order chi connectivity index (χ1) is 8.83. The molecule has 2 aliphatic carbocycles. The molecule has 18 heavy (non-hydrogen) atoms. The lowest BCUT2D eigenvalue weighted by Gasteiger charge is -2.36. The normalized spacial score (nSPS) is 30.5. The zero-order valence-electron chi connectivity index (χ0n) is 12.0. The molecular weight excluding hydrogens is 220 g/mol. The van der Waals surface area contributed by atoms with Gasteiger partial charge in [-0.1, -0.05) is 19.3 Å². The van der Waals surface area contributed by atoms with Crippen molar-refractivity contribution >= 4 is 0 Å². The second-order valence-electron chi connectivity index (χ2n) is 6.89. The molecule has 104 valence electrons. The molecular formula is C16H30N2. The van der Waals surface area contributed by atoms with Crippen LogP contribution >= 0.6 is 0 Å². The number of nitrogens with zero attached hydrogens (tertiary/aromatic N) is 1. The van der Waals surface area contributed by atoms with Gasteiger partial charge in [0.2, 0.25) is 0 Å². The van der Waals surface area contributed by atoms with Gasteiger partial charge < -0.3 is 10.2 Å². The molecule has 3 rings (SSSR count). The van der Waals surface area contributed by atoms with Crippen LogP contribution in [0, 0.1) is 5.92 Å². The van der Waals surface area contributed by atoms with Crippen LogP contribution in [0.5, 0.6) is 0 Å². The molecule has 1 N–H and O–H groups in total. The molecule has 2 saturated carbocycles. The third-order valence-corrected chi connectivity index (χ3v) is 5.45. The van der Waals surface area contributed by atoms with Gasteiger partial charge in [0.15, 0.2) is 0 Å². The fourth-order valence-corrected chi connectivity index (χ4v) is 4.01. The van der Waals surface area contributed by atoms with Gasteiger partial charge in [-0.2, -0.15) is 0 Å². The maximum absolute atomic E-state index is 3.94. The molecule has 0 aromatic carbocycles. The van der Waals surface area contributed by atoms with Gasteiger partial charge in [-0.05, 0) is 64.5 Å². The number of hydrogen-bond donors (Lipinski definition) is 1.